The van der Waals surface area contributed by atoms with Gasteiger partial charge in [0, 0.05) is 33.7 Å². The molecule has 5 rings (SSSR count). The van der Waals surface area contributed by atoms with E-state index in [9.17, 15) is 63.5 Å². The van der Waals surface area contributed by atoms with Crippen molar-refractivity contribution in [1.82, 2.24) is 4.90 Å². The van der Waals surface area contributed by atoms with E-state index < -0.39 is 76.1 Å². The van der Waals surface area contributed by atoms with Gasteiger partial charge in [0.2, 0.25) is 0 Å². The van der Waals surface area contributed by atoms with Crippen LogP contribution in [0.5, 0.6) is 11.5 Å². The zero-order chi connectivity index (χ0) is 40.9. The Morgan fingerprint density at radius 2 is 1.27 bits per heavy atom. The summed E-state index contributed by atoms with van der Waals surface area (Å²) in [4.78, 5) is 34.1. The van der Waals surface area contributed by atoms with Gasteiger partial charge in [-0.15, -0.1) is 0 Å². The van der Waals surface area contributed by atoms with Gasteiger partial charge in [0.1, 0.15) is 39.3 Å². The van der Waals surface area contributed by atoms with Crippen LogP contribution in [0.25, 0.3) is 12.2 Å². The topological polar surface area (TPSA) is 291 Å². The number of anilines is 3. The molecule has 0 unspecified atom stereocenters. The van der Waals surface area contributed by atoms with E-state index in [0.717, 1.165) is 30.3 Å². The molecule has 21 heteroatoms. The molecule has 2 amide bonds. The quantitative estimate of drug-likeness (QED) is 0.0943. The zero-order valence-corrected chi connectivity index (χ0v) is 31.3. The number of urea groups is 1. The summed E-state index contributed by atoms with van der Waals surface area (Å²) in [6, 6.07) is 9.54. The first-order valence-electron chi connectivity index (χ1n) is 15.5. The third kappa shape index (κ3) is 8.30. The van der Waals surface area contributed by atoms with Crippen LogP contribution in [0.3, 0.4) is 0 Å². The van der Waals surface area contributed by atoms with Crippen LogP contribution in [0.15, 0.2) is 69.3 Å². The first-order valence-corrected chi connectivity index (χ1v) is 19.8. The van der Waals surface area contributed by atoms with Gasteiger partial charge in [0.05, 0.1) is 11.4 Å². The molecular weight excluding hydrogens is 787 g/mol. The molecule has 0 aromatic heterocycles. The molecule has 0 spiro atoms. The summed E-state index contributed by atoms with van der Waals surface area (Å²) in [5, 5.41) is 23.4. The first kappa shape index (κ1) is 40.3. The van der Waals surface area contributed by atoms with E-state index >= 15 is 0 Å². The summed E-state index contributed by atoms with van der Waals surface area (Å²) in [6.07, 6.45) is 0. The molecule has 0 atom stereocenters. The summed E-state index contributed by atoms with van der Waals surface area (Å²) in [5.74, 6) is -3.25. The lowest BCUT2D eigenvalue weighted by Gasteiger charge is -2.26. The highest BCUT2D eigenvalue weighted by molar-refractivity contribution is 7.86. The van der Waals surface area contributed by atoms with Crippen molar-refractivity contribution < 1.29 is 68.2 Å². The fraction of sp³-hybridized carbons (Fsp3) is 0.147. The molecule has 1 aliphatic rings. The van der Waals surface area contributed by atoms with Gasteiger partial charge in [-0.3, -0.25) is 23.2 Å². The average Bonchev–Trinajstić information content (AvgIpc) is 3.04. The summed E-state index contributed by atoms with van der Waals surface area (Å²) < 4.78 is 112. The number of benzene rings is 4. The zero-order valence-electron chi connectivity index (χ0n) is 28.8. The van der Waals surface area contributed by atoms with Gasteiger partial charge in [-0.1, -0.05) is 30.8 Å². The van der Waals surface area contributed by atoms with E-state index in [4.69, 9.17) is 4.74 Å². The van der Waals surface area contributed by atoms with Crippen molar-refractivity contribution in [3.05, 3.63) is 92.9 Å². The van der Waals surface area contributed by atoms with Crippen LogP contribution in [0.2, 0.25) is 0 Å². The average molecular weight is 818 g/mol. The first-order chi connectivity index (χ1) is 25.4. The lowest BCUT2D eigenvalue weighted by molar-refractivity contribution is -0.140. The highest BCUT2D eigenvalue weighted by atomic mass is 32.2. The molecule has 4 aromatic rings. The molecule has 4 aromatic carbocycles. The van der Waals surface area contributed by atoms with Crippen LogP contribution in [0.1, 0.15) is 27.8 Å². The van der Waals surface area contributed by atoms with Crippen molar-refractivity contribution in [1.29, 1.82) is 0 Å². The summed E-state index contributed by atoms with van der Waals surface area (Å²) in [6.45, 7) is 6.48. The number of carboxylic acid groups (broad SMARTS) is 2. The molecule has 0 saturated carbocycles. The van der Waals surface area contributed by atoms with E-state index in [1.54, 1.807) is 19.9 Å². The number of ether oxygens (including phenoxy) is 1. The third-order valence-corrected chi connectivity index (χ3v) is 11.1. The SMILES string of the molecule is C=c1cc2c(cc1S(=O)(=O)O)=C(c1ccccc1S(=O)(=O)O)c1cc(S(=O)(=O)O)c(Nc3c(C)cc(C)c(NC(=O)N(CC(=O)O)CC(=O)O)c3C)cc1O2. The molecule has 18 nitrogen and oxygen atoms in total. The molecule has 0 fully saturated rings. The van der Waals surface area contributed by atoms with Gasteiger partial charge in [0.15, 0.2) is 0 Å². The molecule has 1 aliphatic heterocycles. The second kappa shape index (κ2) is 14.4. The molecule has 0 radical (unpaired) electrons. The molecular formula is C34H31N3O15S3. The lowest BCUT2D eigenvalue weighted by atomic mass is 9.92. The number of aryl methyl sites for hydroxylation is 2. The smallest absolute Gasteiger partial charge is 0.323 e. The molecule has 0 bridgehead atoms. The van der Waals surface area contributed by atoms with Crippen molar-refractivity contribution >= 4 is 77.5 Å². The number of nitrogens with one attached hydrogen (secondary N) is 2. The normalized spacial score (nSPS) is 12.6. The Balaban J connectivity index is 1.77. The maximum atomic E-state index is 13.1. The fourth-order valence-electron chi connectivity index (χ4n) is 6.14. The third-order valence-electron chi connectivity index (χ3n) is 8.40. The van der Waals surface area contributed by atoms with Crippen LogP contribution < -0.4 is 25.8 Å². The lowest BCUT2D eigenvalue weighted by Crippen LogP contribution is -2.42. The van der Waals surface area contributed by atoms with Gasteiger partial charge in [-0.2, -0.15) is 25.3 Å². The number of nitrogens with zero attached hydrogens (tertiary/aromatic N) is 1. The Morgan fingerprint density at radius 3 is 1.84 bits per heavy atom. The molecule has 1 heterocycles. The van der Waals surface area contributed by atoms with Gasteiger partial charge >= 0.3 is 18.0 Å². The largest absolute Gasteiger partial charge is 0.480 e. The number of carboxylic acids is 2. The van der Waals surface area contributed by atoms with Gasteiger partial charge in [-0.25, -0.2) is 4.79 Å². The van der Waals surface area contributed by atoms with Crippen LogP contribution in [-0.4, -0.2) is 85.1 Å². The molecule has 55 heavy (non-hydrogen) atoms. The summed E-state index contributed by atoms with van der Waals surface area (Å²) in [5.41, 5.74) is 0.492. The second-order valence-corrected chi connectivity index (χ2v) is 16.5. The Bertz CT molecular complexity index is 2790. The standard InChI is InChI=1S/C34H31N3O15S3/c1-16-10-24-21(11-27(16)54(46,47)48)31(20-7-5-6-8-26(20)53(43,44)45)22-12-28(55(49,50)51)23(13-25(22)52-24)35-32-17(2)9-18(3)33(19(32)4)36-34(42)37(14-29(38)39)15-30(40)41/h5-13,35H,1,14-15H2,2-4H3,(H,36,42)(H,38,39)(H,40,41)(H,43,44,45)(H,46,47,48)(H,49,50,51). The predicted octanol–water partition coefficient (Wildman–Crippen LogP) is 2.86. The monoisotopic (exact) mass is 817 g/mol. The van der Waals surface area contributed by atoms with E-state index in [1.165, 1.54) is 25.1 Å². The Labute approximate surface area is 313 Å². The Hall–Kier alpha value is -5.84. The Morgan fingerprint density at radius 1 is 0.709 bits per heavy atom. The van der Waals surface area contributed by atoms with Crippen molar-refractivity contribution in [3.63, 3.8) is 0 Å². The highest BCUT2D eigenvalue weighted by Gasteiger charge is 2.31. The van der Waals surface area contributed by atoms with Gasteiger partial charge in [-0.05, 0) is 66.9 Å². The van der Waals surface area contributed by atoms with Crippen molar-refractivity contribution in [2.24, 2.45) is 0 Å². The highest BCUT2D eigenvalue weighted by Crippen LogP contribution is 2.44. The van der Waals surface area contributed by atoms with Crippen molar-refractivity contribution in [2.75, 3.05) is 23.7 Å². The van der Waals surface area contributed by atoms with E-state index in [1.807, 2.05) is 0 Å². The van der Waals surface area contributed by atoms with Crippen LogP contribution in [0, 0.1) is 20.8 Å². The summed E-state index contributed by atoms with van der Waals surface area (Å²) in [7, 11) is -15.1. The van der Waals surface area contributed by atoms with E-state index in [0.29, 0.717) is 16.0 Å². The maximum absolute atomic E-state index is 13.1. The number of aliphatic carboxylic acids is 2. The van der Waals surface area contributed by atoms with E-state index in [2.05, 4.69) is 17.2 Å². The summed E-state index contributed by atoms with van der Waals surface area (Å²) >= 11 is 0. The predicted molar refractivity (Wildman–Crippen MR) is 195 cm³/mol. The molecule has 0 aliphatic carbocycles. The minimum Gasteiger partial charge on any atom is -0.480 e. The number of rotatable bonds is 11. The minimum atomic E-state index is -5.18. The number of amides is 2. The van der Waals surface area contributed by atoms with Crippen LogP contribution in [0.4, 0.5) is 21.9 Å². The number of fused-ring (bicyclic) bond motifs is 2. The molecule has 7 N–H and O–H groups in total. The van der Waals surface area contributed by atoms with Gasteiger partial charge in [0.25, 0.3) is 30.4 Å². The van der Waals surface area contributed by atoms with E-state index in [-0.39, 0.29) is 61.3 Å². The number of hydrogen-bond acceptors (Lipinski definition) is 11. The van der Waals surface area contributed by atoms with Gasteiger partial charge < -0.3 is 30.5 Å². The Kier molecular flexibility index (Phi) is 10.6. The van der Waals surface area contributed by atoms with Crippen molar-refractivity contribution in [2.45, 2.75) is 35.5 Å². The maximum Gasteiger partial charge on any atom is 0.323 e. The number of carbonyl (C=O) groups is 3. The number of hydrogen-bond donors (Lipinski definition) is 7. The number of carbonyl (C=O) groups excluding carboxylic acids is 1. The molecule has 0 saturated heterocycles. The van der Waals surface area contributed by atoms with Crippen LogP contribution in [-0.2, 0) is 39.9 Å². The fourth-order valence-corrected chi connectivity index (χ4v) is 8.15. The van der Waals surface area contributed by atoms with Crippen LogP contribution >= 0.6 is 0 Å². The van der Waals surface area contributed by atoms with Crippen molar-refractivity contribution in [3.8, 4) is 11.5 Å². The minimum absolute atomic E-state index is 0.102. The second-order valence-electron chi connectivity index (χ2n) is 12.3. The molecule has 290 valence electrons.